The van der Waals surface area contributed by atoms with Gasteiger partial charge in [0.1, 0.15) is 0 Å². The molecule has 1 atom stereocenters. The first-order valence-corrected chi connectivity index (χ1v) is 7.59. The summed E-state index contributed by atoms with van der Waals surface area (Å²) >= 11 is 5.06. The molecule has 0 heterocycles. The van der Waals surface area contributed by atoms with E-state index in [9.17, 15) is 4.79 Å². The lowest BCUT2D eigenvalue weighted by atomic mass is 9.85. The van der Waals surface area contributed by atoms with Crippen LogP contribution in [-0.2, 0) is 14.3 Å². The Labute approximate surface area is 127 Å². The quantitative estimate of drug-likeness (QED) is 0.464. The summed E-state index contributed by atoms with van der Waals surface area (Å²) in [4.78, 5) is 14.6. The topological polar surface area (TPSA) is 64.8 Å². The lowest BCUT2D eigenvalue weighted by Crippen LogP contribution is -2.50. The van der Waals surface area contributed by atoms with Gasteiger partial charge < -0.3 is 20.1 Å². The van der Waals surface area contributed by atoms with E-state index < -0.39 is 5.41 Å². The van der Waals surface area contributed by atoms with Crippen molar-refractivity contribution in [2.24, 2.45) is 11.1 Å². The zero-order chi connectivity index (χ0) is 15.6. The van der Waals surface area contributed by atoms with E-state index in [4.69, 9.17) is 27.4 Å². The molecule has 2 N–H and O–H groups in total. The molecule has 0 aliphatic heterocycles. The molecule has 0 fully saturated rings. The van der Waals surface area contributed by atoms with Gasteiger partial charge in [-0.15, -0.1) is 0 Å². The van der Waals surface area contributed by atoms with Gasteiger partial charge in [0.15, 0.2) is 0 Å². The molecule has 5 nitrogen and oxygen atoms in total. The van der Waals surface area contributed by atoms with Crippen LogP contribution in [-0.4, -0.2) is 55.3 Å². The van der Waals surface area contributed by atoms with Gasteiger partial charge in [0.25, 0.3) is 0 Å². The molecular weight excluding hydrogens is 276 g/mol. The number of hydrogen-bond donors (Lipinski definition) is 1. The largest absolute Gasteiger partial charge is 0.392 e. The predicted molar refractivity (Wildman–Crippen MR) is 84.7 cm³/mol. The normalized spacial score (nSPS) is 13.8. The van der Waals surface area contributed by atoms with E-state index in [-0.39, 0.29) is 10.9 Å². The first-order chi connectivity index (χ1) is 9.43. The number of rotatable bonds is 11. The average molecular weight is 304 g/mol. The van der Waals surface area contributed by atoms with Crippen LogP contribution in [0.15, 0.2) is 0 Å². The third kappa shape index (κ3) is 5.73. The van der Waals surface area contributed by atoms with E-state index in [0.717, 1.165) is 0 Å². The van der Waals surface area contributed by atoms with Gasteiger partial charge in [-0.1, -0.05) is 19.1 Å². The van der Waals surface area contributed by atoms with Crippen LogP contribution in [0.25, 0.3) is 0 Å². The number of ether oxygens (including phenoxy) is 2. The maximum Gasteiger partial charge on any atom is 0.235 e. The van der Waals surface area contributed by atoms with Gasteiger partial charge in [-0.3, -0.25) is 4.79 Å². The average Bonchev–Trinajstić information content (AvgIpc) is 2.44. The maximum atomic E-state index is 12.7. The minimum Gasteiger partial charge on any atom is -0.392 e. The van der Waals surface area contributed by atoms with Gasteiger partial charge >= 0.3 is 0 Å². The molecule has 0 saturated carbocycles. The summed E-state index contributed by atoms with van der Waals surface area (Å²) in [5.41, 5.74) is 4.95. The molecule has 0 aromatic carbocycles. The Kier molecular flexibility index (Phi) is 9.71. The molecule has 0 aliphatic rings. The monoisotopic (exact) mass is 304 g/mol. The number of thiocarbonyl (C=S) groups is 1. The second kappa shape index (κ2) is 10.1. The summed E-state index contributed by atoms with van der Waals surface area (Å²) in [6, 6.07) is 0. The van der Waals surface area contributed by atoms with Crippen molar-refractivity contribution in [3.05, 3.63) is 0 Å². The Balaban J connectivity index is 4.79. The van der Waals surface area contributed by atoms with Gasteiger partial charge in [0.2, 0.25) is 5.91 Å². The predicted octanol–water partition coefficient (Wildman–Crippen LogP) is 1.59. The van der Waals surface area contributed by atoms with Crippen molar-refractivity contribution in [2.75, 3.05) is 39.5 Å². The fourth-order valence-electron chi connectivity index (χ4n) is 1.73. The Morgan fingerprint density at radius 3 is 1.90 bits per heavy atom. The summed E-state index contributed by atoms with van der Waals surface area (Å²) in [7, 11) is 0. The summed E-state index contributed by atoms with van der Waals surface area (Å²) in [6.07, 6.45) is 0.584. The van der Waals surface area contributed by atoms with Crippen molar-refractivity contribution in [3.63, 3.8) is 0 Å². The fourth-order valence-corrected chi connectivity index (χ4v) is 1.96. The smallest absolute Gasteiger partial charge is 0.235 e. The van der Waals surface area contributed by atoms with E-state index in [2.05, 4.69) is 0 Å². The Bertz CT molecular complexity index is 303. The highest BCUT2D eigenvalue weighted by Crippen LogP contribution is 2.24. The molecule has 1 unspecified atom stereocenters. The molecule has 0 aliphatic carbocycles. The minimum absolute atomic E-state index is 0.0492. The highest BCUT2D eigenvalue weighted by molar-refractivity contribution is 7.80. The summed E-state index contributed by atoms with van der Waals surface area (Å²) in [5, 5.41) is 0. The highest BCUT2D eigenvalue weighted by Gasteiger charge is 2.37. The van der Waals surface area contributed by atoms with Crippen molar-refractivity contribution in [1.29, 1.82) is 0 Å². The second-order valence-corrected chi connectivity index (χ2v) is 5.18. The van der Waals surface area contributed by atoms with Crippen molar-refractivity contribution in [3.8, 4) is 0 Å². The lowest BCUT2D eigenvalue weighted by Gasteiger charge is -2.33. The number of hydrogen-bond acceptors (Lipinski definition) is 4. The van der Waals surface area contributed by atoms with Crippen LogP contribution in [0.5, 0.6) is 0 Å². The van der Waals surface area contributed by atoms with Gasteiger partial charge in [-0.2, -0.15) is 0 Å². The van der Waals surface area contributed by atoms with Crippen molar-refractivity contribution in [2.45, 2.75) is 34.1 Å². The van der Waals surface area contributed by atoms with Crippen LogP contribution in [0, 0.1) is 5.41 Å². The Morgan fingerprint density at radius 2 is 1.60 bits per heavy atom. The van der Waals surface area contributed by atoms with E-state index >= 15 is 0 Å². The SMILES string of the molecule is CCOCCN(CCOCC)C(=O)C(C)(CC)C(N)=S. The lowest BCUT2D eigenvalue weighted by molar-refractivity contribution is -0.139. The molecule has 0 aromatic heterocycles. The molecule has 0 saturated heterocycles. The summed E-state index contributed by atoms with van der Waals surface area (Å²) in [6.45, 7) is 10.9. The first-order valence-electron chi connectivity index (χ1n) is 7.18. The standard InChI is InChI=1S/C14H28N2O3S/c1-5-14(4,12(15)20)13(17)16(8-10-18-6-2)9-11-19-7-3/h5-11H2,1-4H3,(H2,15,20). The molecule has 0 spiro atoms. The summed E-state index contributed by atoms with van der Waals surface area (Å²) < 4.78 is 10.7. The van der Waals surface area contributed by atoms with E-state index in [1.54, 1.807) is 11.8 Å². The number of nitrogens with two attached hydrogens (primary N) is 1. The van der Waals surface area contributed by atoms with E-state index in [1.165, 1.54) is 0 Å². The second-order valence-electron chi connectivity index (χ2n) is 4.74. The molecule has 0 bridgehead atoms. The molecular formula is C14H28N2O3S. The van der Waals surface area contributed by atoms with Crippen LogP contribution in [0.4, 0.5) is 0 Å². The van der Waals surface area contributed by atoms with Crippen LogP contribution in [0.3, 0.4) is 0 Å². The van der Waals surface area contributed by atoms with Crippen molar-refractivity contribution in [1.82, 2.24) is 4.90 Å². The van der Waals surface area contributed by atoms with Gasteiger partial charge in [-0.25, -0.2) is 0 Å². The van der Waals surface area contributed by atoms with Gasteiger partial charge in [0.05, 0.1) is 23.6 Å². The first kappa shape index (κ1) is 19.3. The third-order valence-electron chi connectivity index (χ3n) is 3.43. The number of nitrogens with zero attached hydrogens (tertiary/aromatic N) is 1. The van der Waals surface area contributed by atoms with Crippen molar-refractivity contribution < 1.29 is 14.3 Å². The Morgan fingerprint density at radius 1 is 1.15 bits per heavy atom. The number of carbonyl (C=O) groups excluding carboxylic acids is 1. The fraction of sp³-hybridized carbons (Fsp3) is 0.857. The third-order valence-corrected chi connectivity index (χ3v) is 3.88. The van der Waals surface area contributed by atoms with Crippen LogP contribution >= 0.6 is 12.2 Å². The molecule has 6 heteroatoms. The highest BCUT2D eigenvalue weighted by atomic mass is 32.1. The molecule has 20 heavy (non-hydrogen) atoms. The number of carbonyl (C=O) groups is 1. The molecule has 0 rings (SSSR count). The zero-order valence-electron chi connectivity index (χ0n) is 13.1. The summed E-state index contributed by atoms with van der Waals surface area (Å²) in [5.74, 6) is -0.0492. The van der Waals surface area contributed by atoms with E-state index in [0.29, 0.717) is 45.9 Å². The molecule has 0 aromatic rings. The molecule has 1 amide bonds. The minimum atomic E-state index is -0.798. The molecule has 0 radical (unpaired) electrons. The van der Waals surface area contributed by atoms with E-state index in [1.807, 2.05) is 20.8 Å². The van der Waals surface area contributed by atoms with Gasteiger partial charge in [0, 0.05) is 26.3 Å². The van der Waals surface area contributed by atoms with Crippen molar-refractivity contribution >= 4 is 23.1 Å². The zero-order valence-corrected chi connectivity index (χ0v) is 13.9. The van der Waals surface area contributed by atoms with Gasteiger partial charge in [-0.05, 0) is 27.2 Å². The van der Waals surface area contributed by atoms with Crippen LogP contribution in [0.1, 0.15) is 34.1 Å². The van der Waals surface area contributed by atoms with Crippen LogP contribution in [0.2, 0.25) is 0 Å². The molecule has 118 valence electrons. The maximum absolute atomic E-state index is 12.7. The number of amides is 1. The van der Waals surface area contributed by atoms with Crippen LogP contribution < -0.4 is 5.73 Å². The Hall–Kier alpha value is -0.720.